The van der Waals surface area contributed by atoms with Crippen LogP contribution in [0.5, 0.6) is 0 Å². The smallest absolute Gasteiger partial charge is 0.222 e. The molecule has 2 atom stereocenters. The van der Waals surface area contributed by atoms with Crippen LogP contribution in [0.4, 0.5) is 0 Å². The Morgan fingerprint density at radius 3 is 1.74 bits per heavy atom. The van der Waals surface area contributed by atoms with E-state index in [1.54, 1.807) is 0 Å². The molecular weight excluding hydrogens is 284 g/mol. The Labute approximate surface area is 148 Å². The highest BCUT2D eigenvalue weighted by Crippen LogP contribution is 2.09. The number of amides is 1. The minimum absolute atomic E-state index is 0. The number of hydrogen-bond donors (Lipinski definition) is 2. The molecule has 0 aliphatic heterocycles. The van der Waals surface area contributed by atoms with Crippen LogP contribution in [0.3, 0.4) is 0 Å². The van der Waals surface area contributed by atoms with Crippen LogP contribution in [-0.4, -0.2) is 25.0 Å². The molecule has 0 aromatic carbocycles. The molecule has 0 spiro atoms. The summed E-state index contributed by atoms with van der Waals surface area (Å²) in [6.45, 7) is 10.6. The van der Waals surface area contributed by atoms with Gasteiger partial charge in [-0.15, -0.1) is 0 Å². The van der Waals surface area contributed by atoms with Crippen molar-refractivity contribution in [2.75, 3.05) is 13.1 Å². The van der Waals surface area contributed by atoms with Crippen molar-refractivity contribution in [3.8, 4) is 0 Å². The Morgan fingerprint density at radius 2 is 1.26 bits per heavy atom. The second kappa shape index (κ2) is 16.3. The monoisotopic (exact) mass is 330 g/mol. The van der Waals surface area contributed by atoms with E-state index in [2.05, 4.69) is 31.4 Å². The van der Waals surface area contributed by atoms with Crippen LogP contribution >= 0.6 is 0 Å². The van der Waals surface area contributed by atoms with Crippen molar-refractivity contribution < 1.29 is 7.65 Å². The summed E-state index contributed by atoms with van der Waals surface area (Å²) < 4.78 is 0. The van der Waals surface area contributed by atoms with Crippen LogP contribution in [-0.2, 0) is 4.79 Å². The van der Waals surface area contributed by atoms with Crippen LogP contribution in [0.1, 0.15) is 101 Å². The summed E-state index contributed by atoms with van der Waals surface area (Å²) in [5, 5.41) is 6.58. The molecule has 0 aromatic rings. The fraction of sp³-hybridized carbons (Fsp3) is 0.950. The van der Waals surface area contributed by atoms with Crippen LogP contribution in [0, 0.1) is 5.92 Å². The van der Waals surface area contributed by atoms with Gasteiger partial charge >= 0.3 is 0 Å². The number of unbranched alkanes of at least 4 members (excludes halogenated alkanes) is 8. The molecule has 3 heteroatoms. The average molecular weight is 331 g/mol. The molecule has 0 aliphatic rings. The van der Waals surface area contributed by atoms with Gasteiger partial charge in [0.05, 0.1) is 0 Å². The van der Waals surface area contributed by atoms with E-state index >= 15 is 0 Å². The van der Waals surface area contributed by atoms with E-state index in [9.17, 15) is 4.79 Å². The first-order valence-electron chi connectivity index (χ1n) is 10.1. The zero-order chi connectivity index (χ0) is 17.3. The Balaban J connectivity index is -0.00000242. The van der Waals surface area contributed by atoms with Gasteiger partial charge in [0.25, 0.3) is 0 Å². The van der Waals surface area contributed by atoms with Gasteiger partial charge in [-0.25, -0.2) is 0 Å². The topological polar surface area (TPSA) is 41.1 Å². The van der Waals surface area contributed by atoms with Gasteiger partial charge in [0.15, 0.2) is 0 Å². The molecule has 23 heavy (non-hydrogen) atoms. The summed E-state index contributed by atoms with van der Waals surface area (Å²) in [4.78, 5) is 11.6. The lowest BCUT2D eigenvalue weighted by atomic mass is 10.1. The molecule has 0 aliphatic carbocycles. The minimum atomic E-state index is 0. The Hall–Kier alpha value is -0.570. The van der Waals surface area contributed by atoms with Gasteiger partial charge in [-0.2, -0.15) is 0 Å². The highest BCUT2D eigenvalue weighted by molar-refractivity contribution is 5.78. The Bertz CT molecular complexity index is 278. The first kappa shape index (κ1) is 22.4. The van der Waals surface area contributed by atoms with Crippen LogP contribution in [0.2, 0.25) is 0 Å². The van der Waals surface area contributed by atoms with Gasteiger partial charge in [0.2, 0.25) is 5.91 Å². The largest absolute Gasteiger partial charge is 0.356 e. The third-order valence-corrected chi connectivity index (χ3v) is 4.82. The molecule has 0 bridgehead atoms. The van der Waals surface area contributed by atoms with Gasteiger partial charge < -0.3 is 10.6 Å². The third-order valence-electron chi connectivity index (χ3n) is 4.82. The molecule has 0 heterocycles. The molecule has 0 saturated carbocycles. The van der Waals surface area contributed by atoms with Gasteiger partial charge in [-0.05, 0) is 39.2 Å². The maximum atomic E-state index is 11.6. The van der Waals surface area contributed by atoms with Crippen molar-refractivity contribution in [1.29, 1.82) is 0 Å². The quantitative estimate of drug-likeness (QED) is 0.365. The zero-order valence-corrected chi connectivity index (χ0v) is 16.3. The van der Waals surface area contributed by atoms with E-state index in [0.717, 1.165) is 19.4 Å². The van der Waals surface area contributed by atoms with E-state index in [1.165, 1.54) is 64.3 Å². The molecule has 142 valence electrons. The summed E-state index contributed by atoms with van der Waals surface area (Å²) in [5.41, 5.74) is 0. The summed E-state index contributed by atoms with van der Waals surface area (Å²) in [7, 11) is 0. The number of hydrogen-bond acceptors (Lipinski definition) is 2. The predicted octanol–water partition coefficient (Wildman–Crippen LogP) is 5.54. The number of nitrogens with one attached hydrogen (secondary N) is 2. The molecule has 0 fully saturated rings. The van der Waals surface area contributed by atoms with E-state index in [4.69, 9.17) is 0 Å². The van der Waals surface area contributed by atoms with Crippen molar-refractivity contribution in [1.82, 2.24) is 10.6 Å². The highest BCUT2D eigenvalue weighted by Gasteiger charge is 2.08. The first-order chi connectivity index (χ1) is 11.1. The molecule has 0 radical (unpaired) electrons. The maximum Gasteiger partial charge on any atom is 0.222 e. The fourth-order valence-electron chi connectivity index (χ4n) is 2.55. The zero-order valence-electron chi connectivity index (χ0n) is 16.3. The van der Waals surface area contributed by atoms with Gasteiger partial charge in [-0.3, -0.25) is 4.79 Å². The van der Waals surface area contributed by atoms with Gasteiger partial charge in [0.1, 0.15) is 0 Å². The number of rotatable bonds is 16. The number of carbonyl (C=O) groups is 1. The van der Waals surface area contributed by atoms with E-state index in [0.29, 0.717) is 6.04 Å². The SMILES string of the molecule is CCC(C)NCCCCCCCCCCCNC(=O)C(C)CC.[HH].[HH]. The van der Waals surface area contributed by atoms with Crippen molar-refractivity contribution >= 4 is 5.91 Å². The molecule has 2 unspecified atom stereocenters. The molecule has 0 saturated heterocycles. The Kier molecular flexibility index (Phi) is 15.9. The lowest BCUT2D eigenvalue weighted by Gasteiger charge is -2.10. The van der Waals surface area contributed by atoms with E-state index in [-0.39, 0.29) is 14.7 Å². The highest BCUT2D eigenvalue weighted by atomic mass is 16.1. The average Bonchev–Trinajstić information content (AvgIpc) is 2.57. The van der Waals surface area contributed by atoms with Crippen LogP contribution in [0.25, 0.3) is 0 Å². The van der Waals surface area contributed by atoms with E-state index in [1.807, 2.05) is 6.92 Å². The summed E-state index contributed by atoms with van der Waals surface area (Å²) in [6.07, 6.45) is 14.0. The fourth-order valence-corrected chi connectivity index (χ4v) is 2.55. The molecule has 1 amide bonds. The van der Waals surface area contributed by atoms with Gasteiger partial charge in [0, 0.05) is 21.4 Å². The van der Waals surface area contributed by atoms with Crippen LogP contribution < -0.4 is 10.6 Å². The lowest BCUT2D eigenvalue weighted by Crippen LogP contribution is -2.29. The second-order valence-corrected chi connectivity index (χ2v) is 7.05. The normalized spacial score (nSPS) is 13.7. The molecule has 3 nitrogen and oxygen atoms in total. The maximum absolute atomic E-state index is 11.6. The first-order valence-corrected chi connectivity index (χ1v) is 10.1. The minimum Gasteiger partial charge on any atom is -0.356 e. The molecule has 0 rings (SSSR count). The summed E-state index contributed by atoms with van der Waals surface area (Å²) in [6, 6.07) is 0.671. The lowest BCUT2D eigenvalue weighted by molar-refractivity contribution is -0.124. The van der Waals surface area contributed by atoms with Crippen molar-refractivity contribution in [3.05, 3.63) is 0 Å². The molecule has 0 aromatic heterocycles. The van der Waals surface area contributed by atoms with Crippen LogP contribution in [0.15, 0.2) is 0 Å². The predicted molar refractivity (Wildman–Crippen MR) is 106 cm³/mol. The second-order valence-electron chi connectivity index (χ2n) is 7.05. The molecule has 2 N–H and O–H groups in total. The summed E-state index contributed by atoms with van der Waals surface area (Å²) >= 11 is 0. The van der Waals surface area contributed by atoms with E-state index < -0.39 is 0 Å². The Morgan fingerprint density at radius 1 is 0.783 bits per heavy atom. The van der Waals surface area contributed by atoms with Crippen molar-refractivity contribution in [3.63, 3.8) is 0 Å². The standard InChI is InChI=1S/C20H42N2O.2H2/c1-5-18(3)20(23)22-17-15-13-11-9-7-8-10-12-14-16-21-19(4)6-2;;/h18-19,21H,5-17H2,1-4H3,(H,22,23);2*1H. The summed E-state index contributed by atoms with van der Waals surface area (Å²) in [5.74, 6) is 0.380. The molecular formula is C20H46N2O. The van der Waals surface area contributed by atoms with Crippen molar-refractivity contribution in [2.45, 2.75) is 104 Å². The third kappa shape index (κ3) is 14.7. The van der Waals surface area contributed by atoms with Gasteiger partial charge in [-0.1, -0.05) is 65.7 Å². The number of carbonyl (C=O) groups excluding carboxylic acids is 1. The van der Waals surface area contributed by atoms with Crippen molar-refractivity contribution in [2.24, 2.45) is 5.92 Å².